The van der Waals surface area contributed by atoms with Crippen molar-refractivity contribution in [1.82, 2.24) is 0 Å². The topological polar surface area (TPSA) is 0 Å². The summed E-state index contributed by atoms with van der Waals surface area (Å²) in [5, 5.41) is -1.79. The molecule has 1 aliphatic rings. The Hall–Kier alpha value is -1.46. The van der Waals surface area contributed by atoms with E-state index in [9.17, 15) is 26.3 Å². The molecule has 1 aromatic rings. The highest BCUT2D eigenvalue weighted by Gasteiger charge is 2.42. The molecule has 2 rings (SSSR count). The zero-order valence-electron chi connectivity index (χ0n) is 8.42. The summed E-state index contributed by atoms with van der Waals surface area (Å²) in [7, 11) is 0. The number of fused-ring (bicyclic) bond motifs is 1. The molecule has 0 bridgehead atoms. The summed E-state index contributed by atoms with van der Waals surface area (Å²) in [4.78, 5) is 0. The predicted octanol–water partition coefficient (Wildman–Crippen LogP) is 1.92. The summed E-state index contributed by atoms with van der Waals surface area (Å²) in [6.07, 6.45) is -0.774. The maximum atomic E-state index is 13.5. The van der Waals surface area contributed by atoms with E-state index in [2.05, 4.69) is 0 Å². The van der Waals surface area contributed by atoms with Crippen LogP contribution in [-0.2, 0) is 0 Å². The standard InChI is InChI=1S/C11H5F6/c1-11(17)6(13)3-4-2-5(12)8(14)9(15)7(4)10(11)16/h2,6H,1H3. The van der Waals surface area contributed by atoms with Crippen molar-refractivity contribution in [2.24, 2.45) is 0 Å². The lowest BCUT2D eigenvalue weighted by Crippen LogP contribution is -2.46. The summed E-state index contributed by atoms with van der Waals surface area (Å²) in [5.41, 5.74) is -3.14. The Balaban J connectivity index is 3.00. The molecule has 0 heterocycles. The number of halogens is 6. The third kappa shape index (κ3) is 1.54. The van der Waals surface area contributed by atoms with Gasteiger partial charge in [-0.05, 0) is 18.2 Å². The quantitative estimate of drug-likeness (QED) is 0.488. The molecule has 91 valence electrons. The summed E-state index contributed by atoms with van der Waals surface area (Å²) in [5.74, 6) is -7.25. The molecule has 0 fully saturated rings. The number of benzene rings is 1. The first-order valence-corrected chi connectivity index (χ1v) is 4.57. The highest BCUT2D eigenvalue weighted by Crippen LogP contribution is 2.31. The Labute approximate surface area is 91.9 Å². The Morgan fingerprint density at radius 1 is 1.18 bits per heavy atom. The largest absolute Gasteiger partial charge is 0.238 e. The van der Waals surface area contributed by atoms with Crippen LogP contribution in [0.4, 0.5) is 26.3 Å². The Morgan fingerprint density at radius 3 is 2.35 bits per heavy atom. The summed E-state index contributed by atoms with van der Waals surface area (Å²) < 4.78 is 79.1. The zero-order chi connectivity index (χ0) is 13.0. The normalized spacial score (nSPS) is 27.7. The van der Waals surface area contributed by atoms with Crippen LogP contribution < -0.4 is 10.4 Å². The predicted molar refractivity (Wildman–Crippen MR) is 47.9 cm³/mol. The number of hydrogen-bond donors (Lipinski definition) is 0. The zero-order valence-corrected chi connectivity index (χ0v) is 8.42. The fourth-order valence-corrected chi connectivity index (χ4v) is 1.55. The van der Waals surface area contributed by atoms with Crippen LogP contribution in [0, 0.1) is 17.5 Å². The van der Waals surface area contributed by atoms with Gasteiger partial charge in [-0.1, -0.05) is 0 Å². The molecule has 1 aliphatic carbocycles. The van der Waals surface area contributed by atoms with Crippen LogP contribution in [0.15, 0.2) is 6.07 Å². The van der Waals surface area contributed by atoms with E-state index in [1.54, 1.807) is 6.08 Å². The summed E-state index contributed by atoms with van der Waals surface area (Å²) >= 11 is 0. The van der Waals surface area contributed by atoms with Crippen molar-refractivity contribution in [1.29, 1.82) is 0 Å². The lowest BCUT2D eigenvalue weighted by molar-refractivity contribution is 0.145. The van der Waals surface area contributed by atoms with Gasteiger partial charge in [0.15, 0.2) is 35.1 Å². The van der Waals surface area contributed by atoms with E-state index in [1.807, 2.05) is 0 Å². The van der Waals surface area contributed by atoms with Crippen molar-refractivity contribution in [3.8, 4) is 0 Å². The first-order chi connectivity index (χ1) is 7.76. The van der Waals surface area contributed by atoms with Crippen LogP contribution in [0.3, 0.4) is 0 Å². The van der Waals surface area contributed by atoms with Crippen LogP contribution >= 0.6 is 0 Å². The molecule has 0 nitrogen and oxygen atoms in total. The van der Waals surface area contributed by atoms with E-state index in [4.69, 9.17) is 0 Å². The minimum Gasteiger partial charge on any atom is -0.238 e. The summed E-state index contributed by atoms with van der Waals surface area (Å²) in [6, 6.07) is 0.370. The molecule has 6 heteroatoms. The van der Waals surface area contributed by atoms with Gasteiger partial charge in [0.1, 0.15) is 0 Å². The van der Waals surface area contributed by atoms with Gasteiger partial charge in [-0.2, -0.15) is 0 Å². The van der Waals surface area contributed by atoms with Crippen molar-refractivity contribution < 1.29 is 26.3 Å². The second kappa shape index (κ2) is 3.51. The number of rotatable bonds is 0. The molecular weight excluding hydrogens is 246 g/mol. The van der Waals surface area contributed by atoms with E-state index in [-0.39, 0.29) is 0 Å². The van der Waals surface area contributed by atoms with Gasteiger partial charge >= 0.3 is 0 Å². The highest BCUT2D eigenvalue weighted by molar-refractivity contribution is 5.57. The van der Waals surface area contributed by atoms with E-state index < -0.39 is 45.6 Å². The molecular formula is C11H5F6. The smallest absolute Gasteiger partial charge is 0.195 e. The van der Waals surface area contributed by atoms with Crippen molar-refractivity contribution >= 4 is 11.9 Å². The first-order valence-electron chi connectivity index (χ1n) is 4.57. The SMILES string of the molecule is CC1(F)C(F)=c2c(F)c(F)c(F)cc2=[C]C1F. The van der Waals surface area contributed by atoms with Gasteiger partial charge in [-0.3, -0.25) is 0 Å². The lowest BCUT2D eigenvalue weighted by atomic mass is 9.92. The molecule has 2 unspecified atom stereocenters. The molecule has 0 N–H and O–H groups in total. The molecule has 0 aliphatic heterocycles. The monoisotopic (exact) mass is 251 g/mol. The molecule has 0 aromatic heterocycles. The molecule has 1 radical (unpaired) electrons. The minimum absolute atomic E-state index is 0.370. The highest BCUT2D eigenvalue weighted by atomic mass is 19.2. The fraction of sp³-hybridized carbons (Fsp3) is 0.273. The lowest BCUT2D eigenvalue weighted by Gasteiger charge is -2.23. The van der Waals surface area contributed by atoms with E-state index in [0.29, 0.717) is 13.0 Å². The van der Waals surface area contributed by atoms with Crippen molar-refractivity contribution in [3.05, 3.63) is 34.0 Å². The van der Waals surface area contributed by atoms with Gasteiger partial charge in [-0.15, -0.1) is 0 Å². The van der Waals surface area contributed by atoms with E-state index >= 15 is 0 Å². The van der Waals surface area contributed by atoms with Gasteiger partial charge in [0.2, 0.25) is 0 Å². The third-order valence-electron chi connectivity index (χ3n) is 2.57. The molecule has 1 aromatic carbocycles. The van der Waals surface area contributed by atoms with E-state index in [0.717, 1.165) is 0 Å². The molecule has 2 atom stereocenters. The average molecular weight is 251 g/mol. The van der Waals surface area contributed by atoms with Crippen LogP contribution in [0.2, 0.25) is 0 Å². The molecule has 0 spiro atoms. The van der Waals surface area contributed by atoms with Gasteiger partial charge in [0, 0.05) is 6.08 Å². The molecule has 0 amide bonds. The van der Waals surface area contributed by atoms with Gasteiger partial charge < -0.3 is 0 Å². The van der Waals surface area contributed by atoms with Crippen LogP contribution in [0.25, 0.3) is 11.9 Å². The van der Waals surface area contributed by atoms with Gasteiger partial charge in [0.05, 0.1) is 5.22 Å². The Morgan fingerprint density at radius 2 is 1.76 bits per heavy atom. The molecule has 0 saturated carbocycles. The molecule has 17 heavy (non-hydrogen) atoms. The first kappa shape index (κ1) is 12.0. The van der Waals surface area contributed by atoms with Crippen molar-refractivity contribution in [3.63, 3.8) is 0 Å². The van der Waals surface area contributed by atoms with Crippen molar-refractivity contribution in [2.75, 3.05) is 0 Å². The Bertz CT molecular complexity index is 601. The second-order valence-corrected chi connectivity index (χ2v) is 3.81. The number of hydrogen-bond acceptors (Lipinski definition) is 0. The average Bonchev–Trinajstić information content (AvgIpc) is 2.24. The fourth-order valence-electron chi connectivity index (χ4n) is 1.55. The molecule has 0 saturated heterocycles. The number of alkyl halides is 2. The van der Waals surface area contributed by atoms with Crippen molar-refractivity contribution in [2.45, 2.75) is 18.8 Å². The second-order valence-electron chi connectivity index (χ2n) is 3.81. The minimum atomic E-state index is -3.14. The van der Waals surface area contributed by atoms with E-state index in [1.165, 1.54) is 0 Å². The van der Waals surface area contributed by atoms with Crippen LogP contribution in [0.5, 0.6) is 0 Å². The summed E-state index contributed by atoms with van der Waals surface area (Å²) in [6.45, 7) is 0.531. The maximum Gasteiger partial charge on any atom is 0.195 e. The van der Waals surface area contributed by atoms with Gasteiger partial charge in [0.25, 0.3) is 0 Å². The van der Waals surface area contributed by atoms with Crippen LogP contribution in [-0.4, -0.2) is 11.8 Å². The third-order valence-corrected chi connectivity index (χ3v) is 2.57. The Kier molecular flexibility index (Phi) is 2.48. The van der Waals surface area contributed by atoms with Gasteiger partial charge in [-0.25, -0.2) is 26.3 Å². The maximum absolute atomic E-state index is 13.5. The van der Waals surface area contributed by atoms with Crippen LogP contribution in [0.1, 0.15) is 6.92 Å².